The van der Waals surface area contributed by atoms with Crippen LogP contribution in [0.4, 0.5) is 19.6 Å². The van der Waals surface area contributed by atoms with E-state index in [0.29, 0.717) is 17.3 Å². The fourth-order valence-electron chi connectivity index (χ4n) is 2.83. The molecule has 0 aliphatic carbocycles. The molecule has 0 unspecified atom stereocenters. The molecule has 1 aliphatic rings. The fourth-order valence-corrected chi connectivity index (χ4v) is 3.66. The third-order valence-electron chi connectivity index (χ3n) is 4.10. The number of amides is 1. The first-order valence-corrected chi connectivity index (χ1v) is 9.20. The van der Waals surface area contributed by atoms with Crippen molar-refractivity contribution in [3.63, 3.8) is 0 Å². The summed E-state index contributed by atoms with van der Waals surface area (Å²) in [6.07, 6.45) is 1.39. The Labute approximate surface area is 167 Å². The van der Waals surface area contributed by atoms with E-state index < -0.39 is 17.5 Å². The number of aromatic nitrogens is 1. The molecule has 2 aromatic carbocycles. The van der Waals surface area contributed by atoms with Crippen LogP contribution in [0.5, 0.6) is 11.5 Å². The number of hydrogen-bond donors (Lipinski definition) is 1. The lowest BCUT2D eigenvalue weighted by atomic mass is 10.1. The van der Waals surface area contributed by atoms with E-state index in [4.69, 9.17) is 4.74 Å². The van der Waals surface area contributed by atoms with Crippen LogP contribution in [0.1, 0.15) is 23.0 Å². The van der Waals surface area contributed by atoms with Gasteiger partial charge in [-0.1, -0.05) is 0 Å². The minimum absolute atomic E-state index is 0.00443. The van der Waals surface area contributed by atoms with Gasteiger partial charge in [0.05, 0.1) is 16.9 Å². The number of carbonyl (C=O) groups is 2. The predicted molar refractivity (Wildman–Crippen MR) is 102 cm³/mol. The van der Waals surface area contributed by atoms with Crippen LogP contribution in [0.3, 0.4) is 0 Å². The van der Waals surface area contributed by atoms with Gasteiger partial charge in [-0.05, 0) is 24.3 Å². The molecule has 0 saturated carbocycles. The summed E-state index contributed by atoms with van der Waals surface area (Å²) in [5.74, 6) is -2.35. The number of hydrogen-bond acceptors (Lipinski definition) is 6. The Kier molecular flexibility index (Phi) is 4.59. The number of benzene rings is 2. The van der Waals surface area contributed by atoms with Crippen LogP contribution in [0.2, 0.25) is 0 Å². The number of anilines is 2. The summed E-state index contributed by atoms with van der Waals surface area (Å²) in [5.41, 5.74) is 0.492. The minimum atomic E-state index is -0.903. The lowest BCUT2D eigenvalue weighted by molar-refractivity contribution is -0.115. The second-order valence-corrected chi connectivity index (χ2v) is 6.96. The number of rotatable bonds is 3. The Morgan fingerprint density at radius 1 is 1.24 bits per heavy atom. The molecule has 2 heterocycles. The highest BCUT2D eigenvalue weighted by Crippen LogP contribution is 2.36. The Bertz CT molecular complexity index is 1190. The average Bonchev–Trinajstić information content (AvgIpc) is 3.22. The standard InChI is InChI=1S/C20H12F2N2O4S/c1-10(25)24(16-5-2-11(21)6-15(16)22)20-23-12(9-29-20)7-18-19(27)14-4-3-13(26)8-17(14)28-18/h2-9,26H,1H3. The molecule has 0 radical (unpaired) electrons. The van der Waals surface area contributed by atoms with Crippen molar-refractivity contribution in [2.75, 3.05) is 4.90 Å². The minimum Gasteiger partial charge on any atom is -0.508 e. The zero-order valence-electron chi connectivity index (χ0n) is 14.8. The van der Waals surface area contributed by atoms with Crippen LogP contribution in [0, 0.1) is 11.6 Å². The largest absolute Gasteiger partial charge is 0.508 e. The zero-order valence-corrected chi connectivity index (χ0v) is 15.7. The van der Waals surface area contributed by atoms with Gasteiger partial charge >= 0.3 is 0 Å². The highest BCUT2D eigenvalue weighted by molar-refractivity contribution is 7.14. The molecule has 1 aliphatic heterocycles. The maximum Gasteiger partial charge on any atom is 0.232 e. The first kappa shape index (κ1) is 18.8. The van der Waals surface area contributed by atoms with Crippen LogP contribution in [0.15, 0.2) is 47.5 Å². The number of ketones is 1. The maximum atomic E-state index is 14.2. The van der Waals surface area contributed by atoms with E-state index in [-0.39, 0.29) is 33.9 Å². The highest BCUT2D eigenvalue weighted by Gasteiger charge is 2.28. The van der Waals surface area contributed by atoms with Gasteiger partial charge < -0.3 is 9.84 Å². The number of phenolic OH excluding ortho intramolecular Hbond substituents is 1. The van der Waals surface area contributed by atoms with Gasteiger partial charge in [0.25, 0.3) is 0 Å². The summed E-state index contributed by atoms with van der Waals surface area (Å²) in [6.45, 7) is 1.23. The number of Topliss-reactive ketones (excluding diaryl/α,β-unsaturated/α-hetero) is 1. The van der Waals surface area contributed by atoms with E-state index in [2.05, 4.69) is 4.98 Å². The number of allylic oxidation sites excluding steroid dienone is 1. The van der Waals surface area contributed by atoms with E-state index in [1.807, 2.05) is 0 Å². The molecular weight excluding hydrogens is 402 g/mol. The molecule has 0 saturated heterocycles. The van der Waals surface area contributed by atoms with E-state index >= 15 is 0 Å². The summed E-state index contributed by atoms with van der Waals surface area (Å²) >= 11 is 1.05. The molecule has 3 aromatic rings. The van der Waals surface area contributed by atoms with Crippen molar-refractivity contribution in [3.8, 4) is 11.5 Å². The monoisotopic (exact) mass is 414 g/mol. The van der Waals surface area contributed by atoms with Gasteiger partial charge in [0.1, 0.15) is 23.1 Å². The first-order valence-electron chi connectivity index (χ1n) is 8.32. The van der Waals surface area contributed by atoms with Gasteiger partial charge in [0.2, 0.25) is 11.7 Å². The molecular formula is C20H12F2N2O4S. The van der Waals surface area contributed by atoms with Crippen LogP contribution >= 0.6 is 11.3 Å². The molecule has 1 aromatic heterocycles. The first-order chi connectivity index (χ1) is 13.8. The van der Waals surface area contributed by atoms with Crippen molar-refractivity contribution < 1.29 is 28.2 Å². The predicted octanol–water partition coefficient (Wildman–Crippen LogP) is 4.43. The third kappa shape index (κ3) is 3.47. The molecule has 0 atom stereocenters. The number of halogens is 2. The van der Waals surface area contributed by atoms with E-state index in [1.165, 1.54) is 31.2 Å². The Morgan fingerprint density at radius 2 is 2.03 bits per heavy atom. The highest BCUT2D eigenvalue weighted by atomic mass is 32.1. The SMILES string of the molecule is CC(=O)N(c1nc(C=C2Oc3cc(O)ccc3C2=O)cs1)c1ccc(F)cc1F. The van der Waals surface area contributed by atoms with Crippen molar-refractivity contribution in [1.82, 2.24) is 4.98 Å². The van der Waals surface area contributed by atoms with Crippen molar-refractivity contribution in [2.45, 2.75) is 6.92 Å². The van der Waals surface area contributed by atoms with Gasteiger partial charge in [0.15, 0.2) is 10.9 Å². The molecule has 0 bridgehead atoms. The van der Waals surface area contributed by atoms with Gasteiger partial charge in [-0.2, -0.15) is 0 Å². The molecule has 146 valence electrons. The molecule has 1 amide bonds. The van der Waals surface area contributed by atoms with Crippen LogP contribution in [0.25, 0.3) is 6.08 Å². The Balaban J connectivity index is 1.66. The zero-order chi connectivity index (χ0) is 20.7. The van der Waals surface area contributed by atoms with Crippen LogP contribution in [-0.4, -0.2) is 21.8 Å². The number of aromatic hydroxyl groups is 1. The molecule has 0 fully saturated rings. The normalized spacial score (nSPS) is 14.0. The van der Waals surface area contributed by atoms with Gasteiger partial charge in [-0.25, -0.2) is 13.8 Å². The molecule has 29 heavy (non-hydrogen) atoms. The molecule has 9 heteroatoms. The number of fused-ring (bicyclic) bond motifs is 1. The Morgan fingerprint density at radius 3 is 2.76 bits per heavy atom. The second-order valence-electron chi connectivity index (χ2n) is 6.13. The smallest absolute Gasteiger partial charge is 0.232 e. The number of ether oxygens (including phenoxy) is 1. The summed E-state index contributed by atoms with van der Waals surface area (Å²) in [4.78, 5) is 29.8. The Hall–Kier alpha value is -3.59. The number of carbonyl (C=O) groups excluding carboxylic acids is 2. The van der Waals surface area contributed by atoms with E-state index in [1.54, 1.807) is 5.38 Å². The fraction of sp³-hybridized carbons (Fsp3) is 0.0500. The molecule has 1 N–H and O–H groups in total. The van der Waals surface area contributed by atoms with Gasteiger partial charge in [0, 0.05) is 30.5 Å². The van der Waals surface area contributed by atoms with E-state index in [9.17, 15) is 23.5 Å². The van der Waals surface area contributed by atoms with Crippen molar-refractivity contribution >= 4 is 39.9 Å². The summed E-state index contributed by atoms with van der Waals surface area (Å²) in [5, 5.41) is 11.2. The number of phenols is 1. The topological polar surface area (TPSA) is 79.7 Å². The van der Waals surface area contributed by atoms with Gasteiger partial charge in [-0.3, -0.25) is 14.5 Å². The van der Waals surface area contributed by atoms with Crippen LogP contribution < -0.4 is 9.64 Å². The average molecular weight is 414 g/mol. The number of nitrogens with zero attached hydrogens (tertiary/aromatic N) is 2. The van der Waals surface area contributed by atoms with Crippen molar-refractivity contribution in [2.24, 2.45) is 0 Å². The summed E-state index contributed by atoms with van der Waals surface area (Å²) in [7, 11) is 0. The summed E-state index contributed by atoms with van der Waals surface area (Å²) < 4.78 is 32.8. The molecule has 4 rings (SSSR count). The van der Waals surface area contributed by atoms with Crippen LogP contribution in [-0.2, 0) is 4.79 Å². The quantitative estimate of drug-likeness (QED) is 0.642. The van der Waals surface area contributed by atoms with Crippen molar-refractivity contribution in [3.05, 3.63) is 70.4 Å². The second kappa shape index (κ2) is 7.10. The lowest BCUT2D eigenvalue weighted by Crippen LogP contribution is -2.23. The molecule has 0 spiro atoms. The summed E-state index contributed by atoms with van der Waals surface area (Å²) in [6, 6.07) is 7.04. The maximum absolute atomic E-state index is 14.2. The number of thiazole rings is 1. The lowest BCUT2D eigenvalue weighted by Gasteiger charge is -2.18. The third-order valence-corrected chi connectivity index (χ3v) is 4.94. The van der Waals surface area contributed by atoms with Gasteiger partial charge in [-0.15, -0.1) is 11.3 Å². The van der Waals surface area contributed by atoms with E-state index in [0.717, 1.165) is 28.4 Å². The van der Waals surface area contributed by atoms with Crippen molar-refractivity contribution in [1.29, 1.82) is 0 Å². The molecule has 6 nitrogen and oxygen atoms in total.